The van der Waals surface area contributed by atoms with Gasteiger partial charge in [0.1, 0.15) is 23.0 Å². The molecule has 0 bridgehead atoms. The van der Waals surface area contributed by atoms with Crippen molar-refractivity contribution in [2.24, 2.45) is 0 Å². The summed E-state index contributed by atoms with van der Waals surface area (Å²) in [5.41, 5.74) is 1.56. The summed E-state index contributed by atoms with van der Waals surface area (Å²) >= 11 is 0. The highest BCUT2D eigenvalue weighted by Gasteiger charge is 2.35. The maximum Gasteiger partial charge on any atom is 0.418 e. The van der Waals surface area contributed by atoms with Crippen LogP contribution in [0.3, 0.4) is 0 Å². The lowest BCUT2D eigenvalue weighted by Gasteiger charge is -2.14. The van der Waals surface area contributed by atoms with E-state index in [0.29, 0.717) is 62.4 Å². The predicted molar refractivity (Wildman–Crippen MR) is 195 cm³/mol. The highest BCUT2D eigenvalue weighted by molar-refractivity contribution is 6.09. The van der Waals surface area contributed by atoms with Crippen molar-refractivity contribution in [2.45, 2.75) is 26.2 Å². The Balaban J connectivity index is 1.15. The van der Waals surface area contributed by atoms with Crippen LogP contribution in [0.2, 0.25) is 0 Å². The Morgan fingerprint density at radius 3 is 1.62 bits per heavy atom. The minimum atomic E-state index is -4.59. The van der Waals surface area contributed by atoms with E-state index in [9.17, 15) is 26.3 Å². The van der Waals surface area contributed by atoms with Gasteiger partial charge in [-0.15, -0.1) is 0 Å². The smallest absolute Gasteiger partial charge is 0.418 e. The molecule has 13 heteroatoms. The van der Waals surface area contributed by atoms with Crippen LogP contribution in [0.15, 0.2) is 128 Å². The molecule has 0 aliphatic carbocycles. The topological polar surface area (TPSA) is 75.0 Å². The van der Waals surface area contributed by atoms with Crippen LogP contribution < -0.4 is 9.47 Å². The normalized spacial score (nSPS) is 12.0. The second-order valence-electron chi connectivity index (χ2n) is 12.8. The van der Waals surface area contributed by atoms with Crippen molar-refractivity contribution >= 4 is 21.8 Å². The summed E-state index contributed by atoms with van der Waals surface area (Å²) in [4.78, 5) is 17.2. The van der Waals surface area contributed by atoms with Crippen LogP contribution in [0.1, 0.15) is 22.3 Å². The van der Waals surface area contributed by atoms with Crippen molar-refractivity contribution in [3.05, 3.63) is 150 Å². The number of aryl methyl sites for hydroxylation is 2. The Morgan fingerprint density at radius 1 is 0.527 bits per heavy atom. The lowest BCUT2D eigenvalue weighted by atomic mass is 10.0. The predicted octanol–water partition coefficient (Wildman–Crippen LogP) is 11.9. The molecule has 55 heavy (non-hydrogen) atoms. The van der Waals surface area contributed by atoms with Crippen LogP contribution in [-0.4, -0.2) is 24.5 Å². The molecule has 4 heterocycles. The number of hydrogen-bond donors (Lipinski definition) is 0. The lowest BCUT2D eigenvalue weighted by molar-refractivity contribution is -0.138. The van der Waals surface area contributed by atoms with E-state index in [1.54, 1.807) is 93.0 Å². The van der Waals surface area contributed by atoms with E-state index in [1.165, 1.54) is 12.3 Å². The Hall–Kier alpha value is -6.76. The fourth-order valence-electron chi connectivity index (χ4n) is 6.46. The molecule has 0 aliphatic rings. The third-order valence-corrected chi connectivity index (χ3v) is 8.88. The van der Waals surface area contributed by atoms with Crippen LogP contribution in [0, 0.1) is 13.8 Å². The monoisotopic (exact) mass is 747 g/mol. The first kappa shape index (κ1) is 35.3. The third-order valence-electron chi connectivity index (χ3n) is 8.88. The van der Waals surface area contributed by atoms with Crippen molar-refractivity contribution in [3.63, 3.8) is 0 Å². The molecule has 4 aromatic heterocycles. The number of halogens is 6. The zero-order chi connectivity index (χ0) is 38.5. The van der Waals surface area contributed by atoms with Crippen molar-refractivity contribution in [1.82, 2.24) is 24.5 Å². The third kappa shape index (κ3) is 7.03. The SMILES string of the molecule is Cc1cnc(-c2cccc(Oc3ccc4c5ccc(Oc6cccc(-c7ncc(C(F)(F)F)cc7C)c6)cc5n(-c5ncccn5)c4c3)c2)c(C(F)(F)F)c1. The van der Waals surface area contributed by atoms with Crippen molar-refractivity contribution < 1.29 is 35.8 Å². The Bertz CT molecular complexity index is 2730. The summed E-state index contributed by atoms with van der Waals surface area (Å²) in [5.74, 6) is 2.01. The highest BCUT2D eigenvalue weighted by atomic mass is 19.4. The first-order valence-corrected chi connectivity index (χ1v) is 16.8. The summed E-state index contributed by atoms with van der Waals surface area (Å²) in [6.45, 7) is 3.13. The van der Waals surface area contributed by atoms with Crippen LogP contribution in [0.4, 0.5) is 26.3 Å². The summed E-state index contributed by atoms with van der Waals surface area (Å²) in [6.07, 6.45) is -3.65. The molecule has 0 atom stereocenters. The van der Waals surface area contributed by atoms with Crippen molar-refractivity contribution in [1.29, 1.82) is 0 Å². The highest BCUT2D eigenvalue weighted by Crippen LogP contribution is 2.40. The van der Waals surface area contributed by atoms with Gasteiger partial charge in [-0.25, -0.2) is 9.97 Å². The zero-order valence-corrected chi connectivity index (χ0v) is 28.9. The van der Waals surface area contributed by atoms with Gasteiger partial charge in [0.05, 0.1) is 33.5 Å². The molecule has 7 nitrogen and oxygen atoms in total. The zero-order valence-electron chi connectivity index (χ0n) is 28.9. The average Bonchev–Trinajstić information content (AvgIpc) is 3.47. The minimum absolute atomic E-state index is 0.198. The van der Waals surface area contributed by atoms with E-state index in [1.807, 2.05) is 22.8 Å². The maximum atomic E-state index is 13.9. The van der Waals surface area contributed by atoms with Gasteiger partial charge in [0.25, 0.3) is 0 Å². The summed E-state index contributed by atoms with van der Waals surface area (Å²) in [5, 5.41) is 1.70. The van der Waals surface area contributed by atoms with Gasteiger partial charge in [-0.3, -0.25) is 14.5 Å². The first-order valence-electron chi connectivity index (χ1n) is 16.8. The molecule has 8 rings (SSSR count). The van der Waals surface area contributed by atoms with Crippen molar-refractivity contribution in [3.8, 4) is 51.5 Å². The number of ether oxygens (including phenoxy) is 2. The molecule has 8 aromatic rings. The number of pyridine rings is 2. The molecule has 0 N–H and O–H groups in total. The molecule has 0 unspecified atom stereocenters. The number of aromatic nitrogens is 5. The molecule has 0 saturated carbocycles. The molecule has 4 aromatic carbocycles. The molecule has 0 saturated heterocycles. The van der Waals surface area contributed by atoms with Gasteiger partial charge in [-0.05, 0) is 91.7 Å². The number of fused-ring (bicyclic) bond motifs is 3. The second-order valence-corrected chi connectivity index (χ2v) is 12.8. The first-order chi connectivity index (χ1) is 26.3. The second kappa shape index (κ2) is 13.6. The van der Waals surface area contributed by atoms with E-state index in [-0.39, 0.29) is 11.3 Å². The van der Waals surface area contributed by atoms with Crippen LogP contribution in [0.5, 0.6) is 23.0 Å². The average molecular weight is 748 g/mol. The molecule has 0 fully saturated rings. The molecule has 0 radical (unpaired) electrons. The van der Waals surface area contributed by atoms with Gasteiger partial charge in [0.2, 0.25) is 5.95 Å². The number of nitrogens with zero attached hydrogens (tertiary/aromatic N) is 5. The van der Waals surface area contributed by atoms with Gasteiger partial charge in [-0.2, -0.15) is 26.3 Å². The Morgan fingerprint density at radius 2 is 1.07 bits per heavy atom. The molecule has 0 aliphatic heterocycles. The van der Waals surface area contributed by atoms with E-state index < -0.39 is 23.5 Å². The summed E-state index contributed by atoms with van der Waals surface area (Å²) < 4.78 is 95.8. The van der Waals surface area contributed by atoms with Crippen LogP contribution in [0.25, 0.3) is 50.3 Å². The summed E-state index contributed by atoms with van der Waals surface area (Å²) in [6, 6.07) is 28.1. The van der Waals surface area contributed by atoms with Gasteiger partial charge in [0.15, 0.2) is 0 Å². The fourth-order valence-corrected chi connectivity index (χ4v) is 6.46. The standard InChI is InChI=1S/C42H27F6N5O2/c1-24-16-35(42(46,47)48)39(51-22-24)27-7-4-9-30(19-27)55-32-11-13-34-33-12-10-31(20-36(33)53(37(34)21-32)40-49-14-5-15-50-40)54-29-8-3-6-26(18-29)38-25(2)17-28(23-52-38)41(43,44)45/h3-23H,1-2H3. The lowest BCUT2D eigenvalue weighted by Crippen LogP contribution is -2.09. The van der Waals surface area contributed by atoms with Gasteiger partial charge in [0, 0.05) is 58.8 Å². The van der Waals surface area contributed by atoms with Crippen LogP contribution in [-0.2, 0) is 12.4 Å². The molecular weight excluding hydrogens is 720 g/mol. The van der Waals surface area contributed by atoms with E-state index in [0.717, 1.165) is 29.1 Å². The maximum absolute atomic E-state index is 13.9. The fraction of sp³-hybridized carbons (Fsp3) is 0.0952. The number of hydrogen-bond acceptors (Lipinski definition) is 6. The van der Waals surface area contributed by atoms with E-state index in [4.69, 9.17) is 9.47 Å². The number of benzene rings is 4. The van der Waals surface area contributed by atoms with Gasteiger partial charge in [-0.1, -0.05) is 24.3 Å². The summed E-state index contributed by atoms with van der Waals surface area (Å²) in [7, 11) is 0. The van der Waals surface area contributed by atoms with Crippen LogP contribution >= 0.6 is 0 Å². The van der Waals surface area contributed by atoms with Crippen molar-refractivity contribution in [2.75, 3.05) is 0 Å². The van der Waals surface area contributed by atoms with Gasteiger partial charge < -0.3 is 9.47 Å². The molecule has 274 valence electrons. The largest absolute Gasteiger partial charge is 0.457 e. The van der Waals surface area contributed by atoms with E-state index >= 15 is 0 Å². The minimum Gasteiger partial charge on any atom is -0.457 e. The Labute approximate surface area is 309 Å². The molecule has 0 amide bonds. The molecule has 0 spiro atoms. The van der Waals surface area contributed by atoms with E-state index in [2.05, 4.69) is 19.9 Å². The Kier molecular flexibility index (Phi) is 8.71. The quantitative estimate of drug-likeness (QED) is 0.151. The number of alkyl halides is 6. The molecular formula is C42H27F6N5O2. The van der Waals surface area contributed by atoms with Gasteiger partial charge >= 0.3 is 12.4 Å². The number of rotatable bonds is 7.